The normalized spacial score (nSPS) is 11.7. The van der Waals surface area contributed by atoms with E-state index in [9.17, 15) is 0 Å². The summed E-state index contributed by atoms with van der Waals surface area (Å²) >= 11 is 0. The molecule has 0 heterocycles. The number of nitrogens with two attached hydrogens (primary N) is 1. The topological polar surface area (TPSA) is 50.4 Å². The number of rotatable bonds is 1. The lowest BCUT2D eigenvalue weighted by atomic mass is 10.1. The molecule has 0 aliphatic carbocycles. The average Bonchev–Trinajstić information content (AvgIpc) is 2.30. The second-order valence-corrected chi connectivity index (χ2v) is 3.28. The highest BCUT2D eigenvalue weighted by molar-refractivity contribution is 6.01. The van der Waals surface area contributed by atoms with Crippen molar-refractivity contribution in [2.75, 3.05) is 7.05 Å². The third-order valence-corrected chi connectivity index (χ3v) is 2.38. The molecule has 2 aromatic rings. The Morgan fingerprint density at radius 1 is 1.13 bits per heavy atom. The Balaban J connectivity index is 2.56. The van der Waals surface area contributed by atoms with Gasteiger partial charge < -0.3 is 5.43 Å². The molecule has 0 aliphatic rings. The Kier molecular flexibility index (Phi) is 2.65. The number of benzene rings is 2. The van der Waals surface area contributed by atoms with Crippen LogP contribution in [0.3, 0.4) is 0 Å². The van der Waals surface area contributed by atoms with Gasteiger partial charge in [0.25, 0.3) is 0 Å². The first kappa shape index (κ1) is 9.68. The minimum Gasteiger partial charge on any atom is -0.308 e. The average molecular weight is 199 g/mol. The van der Waals surface area contributed by atoms with E-state index in [1.807, 2.05) is 18.2 Å². The quantitative estimate of drug-likeness (QED) is 0.318. The lowest BCUT2D eigenvalue weighted by molar-refractivity contribution is 1.02. The first-order chi connectivity index (χ1) is 7.35. The zero-order chi connectivity index (χ0) is 10.7. The third-order valence-electron chi connectivity index (χ3n) is 2.38. The van der Waals surface area contributed by atoms with E-state index in [-0.39, 0.29) is 0 Å². The Morgan fingerprint density at radius 3 is 2.53 bits per heavy atom. The van der Waals surface area contributed by atoms with Crippen LogP contribution >= 0.6 is 0 Å². The van der Waals surface area contributed by atoms with Crippen molar-refractivity contribution in [1.82, 2.24) is 5.43 Å². The summed E-state index contributed by atoms with van der Waals surface area (Å²) < 4.78 is 0. The molecular formula is C12H13N3. The van der Waals surface area contributed by atoms with E-state index in [1.165, 1.54) is 10.8 Å². The van der Waals surface area contributed by atoms with Gasteiger partial charge in [-0.3, -0.25) is 4.99 Å². The predicted octanol–water partition coefficient (Wildman–Crippen LogP) is 1.68. The predicted molar refractivity (Wildman–Crippen MR) is 63.7 cm³/mol. The van der Waals surface area contributed by atoms with Crippen LogP contribution in [0.4, 0.5) is 0 Å². The molecule has 0 amide bonds. The van der Waals surface area contributed by atoms with Gasteiger partial charge in [0.2, 0.25) is 0 Å². The summed E-state index contributed by atoms with van der Waals surface area (Å²) in [5, 5.41) is 2.40. The summed E-state index contributed by atoms with van der Waals surface area (Å²) in [5.41, 5.74) is 3.58. The fraction of sp³-hybridized carbons (Fsp3) is 0.0833. The Bertz CT molecular complexity index is 503. The van der Waals surface area contributed by atoms with Gasteiger partial charge in [-0.2, -0.15) is 0 Å². The molecule has 0 unspecified atom stereocenters. The second-order valence-electron chi connectivity index (χ2n) is 3.28. The van der Waals surface area contributed by atoms with Crippen molar-refractivity contribution < 1.29 is 0 Å². The zero-order valence-corrected chi connectivity index (χ0v) is 8.57. The summed E-state index contributed by atoms with van der Waals surface area (Å²) in [6.45, 7) is 0. The van der Waals surface area contributed by atoms with Crippen molar-refractivity contribution in [2.24, 2.45) is 10.8 Å². The molecule has 0 saturated carbocycles. The maximum Gasteiger partial charge on any atom is 0.142 e. The summed E-state index contributed by atoms with van der Waals surface area (Å²) in [7, 11) is 1.71. The SMILES string of the molecule is CN=C(NN)c1ccc2ccccc2c1. The number of aliphatic imine (C=N–C) groups is 1. The van der Waals surface area contributed by atoms with Crippen LogP contribution in [-0.4, -0.2) is 12.9 Å². The molecule has 3 nitrogen and oxygen atoms in total. The molecule has 0 bridgehead atoms. The number of hydrogen-bond acceptors (Lipinski definition) is 2. The van der Waals surface area contributed by atoms with Crippen molar-refractivity contribution >= 4 is 16.6 Å². The zero-order valence-electron chi connectivity index (χ0n) is 8.57. The van der Waals surface area contributed by atoms with Crippen LogP contribution in [0.2, 0.25) is 0 Å². The van der Waals surface area contributed by atoms with Crippen molar-refractivity contribution in [3.8, 4) is 0 Å². The lowest BCUT2D eigenvalue weighted by Gasteiger charge is -2.05. The summed E-state index contributed by atoms with van der Waals surface area (Å²) in [6.07, 6.45) is 0. The first-order valence-electron chi connectivity index (χ1n) is 4.77. The van der Waals surface area contributed by atoms with Gasteiger partial charge in [-0.1, -0.05) is 36.4 Å². The summed E-state index contributed by atoms with van der Waals surface area (Å²) in [5.74, 6) is 6.07. The van der Waals surface area contributed by atoms with Gasteiger partial charge in [-0.25, -0.2) is 5.84 Å². The summed E-state index contributed by atoms with van der Waals surface area (Å²) in [4.78, 5) is 4.06. The van der Waals surface area contributed by atoms with Gasteiger partial charge in [-0.15, -0.1) is 0 Å². The molecule has 0 atom stereocenters. The van der Waals surface area contributed by atoms with Crippen LogP contribution in [-0.2, 0) is 0 Å². The van der Waals surface area contributed by atoms with E-state index in [2.05, 4.69) is 34.7 Å². The number of amidine groups is 1. The summed E-state index contributed by atoms with van der Waals surface area (Å²) in [6, 6.07) is 14.3. The Hall–Kier alpha value is -1.87. The van der Waals surface area contributed by atoms with Crippen LogP contribution < -0.4 is 11.3 Å². The fourth-order valence-electron chi connectivity index (χ4n) is 1.61. The van der Waals surface area contributed by atoms with Crippen molar-refractivity contribution in [1.29, 1.82) is 0 Å². The standard InChI is InChI=1S/C12H13N3/c1-14-12(15-13)11-7-6-9-4-2-3-5-10(9)8-11/h2-8H,13H2,1H3,(H,14,15). The molecule has 2 aromatic carbocycles. The van der Waals surface area contributed by atoms with Gasteiger partial charge in [0.05, 0.1) is 0 Å². The minimum atomic E-state index is 0.695. The van der Waals surface area contributed by atoms with Gasteiger partial charge in [-0.05, 0) is 16.8 Å². The van der Waals surface area contributed by atoms with Crippen LogP contribution in [0.1, 0.15) is 5.56 Å². The van der Waals surface area contributed by atoms with E-state index in [0.717, 1.165) is 5.56 Å². The molecule has 2 rings (SSSR count). The van der Waals surface area contributed by atoms with Gasteiger partial charge in [0.1, 0.15) is 5.84 Å². The minimum absolute atomic E-state index is 0.695. The highest BCUT2D eigenvalue weighted by Gasteiger charge is 2.00. The molecular weight excluding hydrogens is 186 g/mol. The smallest absolute Gasteiger partial charge is 0.142 e. The molecule has 76 valence electrons. The Morgan fingerprint density at radius 2 is 1.87 bits per heavy atom. The second kappa shape index (κ2) is 4.11. The molecule has 0 saturated heterocycles. The Labute approximate surface area is 88.6 Å². The number of nitrogens with zero attached hydrogens (tertiary/aromatic N) is 1. The lowest BCUT2D eigenvalue weighted by Crippen LogP contribution is -2.30. The first-order valence-corrected chi connectivity index (χ1v) is 4.77. The molecule has 0 radical (unpaired) electrons. The van der Waals surface area contributed by atoms with Crippen molar-refractivity contribution in [3.63, 3.8) is 0 Å². The van der Waals surface area contributed by atoms with E-state index >= 15 is 0 Å². The fourth-order valence-corrected chi connectivity index (χ4v) is 1.61. The maximum absolute atomic E-state index is 5.38. The molecule has 3 N–H and O–H groups in total. The molecule has 0 spiro atoms. The number of fused-ring (bicyclic) bond motifs is 1. The number of hydrazine groups is 1. The van der Waals surface area contributed by atoms with Crippen molar-refractivity contribution in [2.45, 2.75) is 0 Å². The molecule has 0 aromatic heterocycles. The highest BCUT2D eigenvalue weighted by Crippen LogP contribution is 2.15. The molecule has 15 heavy (non-hydrogen) atoms. The molecule has 0 aliphatic heterocycles. The van der Waals surface area contributed by atoms with E-state index < -0.39 is 0 Å². The van der Waals surface area contributed by atoms with Crippen LogP contribution in [0.5, 0.6) is 0 Å². The highest BCUT2D eigenvalue weighted by atomic mass is 15.2. The van der Waals surface area contributed by atoms with E-state index in [4.69, 9.17) is 5.84 Å². The van der Waals surface area contributed by atoms with E-state index in [1.54, 1.807) is 7.05 Å². The van der Waals surface area contributed by atoms with Gasteiger partial charge in [0.15, 0.2) is 0 Å². The largest absolute Gasteiger partial charge is 0.308 e. The van der Waals surface area contributed by atoms with Crippen LogP contribution in [0, 0.1) is 0 Å². The third kappa shape index (κ3) is 1.82. The van der Waals surface area contributed by atoms with Gasteiger partial charge >= 0.3 is 0 Å². The number of hydrogen-bond donors (Lipinski definition) is 2. The maximum atomic E-state index is 5.38. The molecule has 0 fully saturated rings. The molecule has 3 heteroatoms. The van der Waals surface area contributed by atoms with Crippen LogP contribution in [0.15, 0.2) is 47.5 Å². The van der Waals surface area contributed by atoms with E-state index in [0.29, 0.717) is 5.84 Å². The monoisotopic (exact) mass is 199 g/mol. The van der Waals surface area contributed by atoms with Gasteiger partial charge in [0, 0.05) is 12.6 Å². The van der Waals surface area contributed by atoms with Crippen LogP contribution in [0.25, 0.3) is 10.8 Å². The number of nitrogens with one attached hydrogen (secondary N) is 1. The van der Waals surface area contributed by atoms with Crippen molar-refractivity contribution in [3.05, 3.63) is 48.0 Å².